The van der Waals surface area contributed by atoms with Crippen molar-refractivity contribution in [2.45, 2.75) is 56.1 Å². The highest BCUT2D eigenvalue weighted by molar-refractivity contribution is 7.92. The number of hydrogen-bond donors (Lipinski definition) is 1. The second-order valence-corrected chi connectivity index (χ2v) is 11.8. The van der Waals surface area contributed by atoms with Gasteiger partial charge in [-0.3, -0.25) is 24.0 Å². The van der Waals surface area contributed by atoms with Crippen LogP contribution in [0.5, 0.6) is 0 Å². The Morgan fingerprint density at radius 2 is 1.68 bits per heavy atom. The van der Waals surface area contributed by atoms with Crippen LogP contribution in [0.1, 0.15) is 38.2 Å². The van der Waals surface area contributed by atoms with Crippen molar-refractivity contribution in [2.24, 2.45) is 0 Å². The van der Waals surface area contributed by atoms with Gasteiger partial charge >= 0.3 is 0 Å². The van der Waals surface area contributed by atoms with Crippen molar-refractivity contribution in [3.8, 4) is 0 Å². The number of nitro benzene ring substituents is 1. The van der Waals surface area contributed by atoms with Crippen molar-refractivity contribution < 1.29 is 27.3 Å². The third kappa shape index (κ3) is 7.26. The third-order valence-corrected chi connectivity index (χ3v) is 8.86. The molecule has 1 aliphatic carbocycles. The number of nitro groups is 1. The zero-order chi connectivity index (χ0) is 29.6. The summed E-state index contributed by atoms with van der Waals surface area (Å²) in [6.07, 6.45) is 3.65. The number of sulfonamides is 1. The first kappa shape index (κ1) is 29.7. The van der Waals surface area contributed by atoms with Gasteiger partial charge < -0.3 is 10.2 Å². The topological polar surface area (TPSA) is 130 Å². The lowest BCUT2D eigenvalue weighted by molar-refractivity contribution is -0.384. The van der Waals surface area contributed by atoms with Crippen LogP contribution >= 0.6 is 0 Å². The van der Waals surface area contributed by atoms with Crippen molar-refractivity contribution in [1.29, 1.82) is 0 Å². The maximum absolute atomic E-state index is 13.9. The van der Waals surface area contributed by atoms with Crippen LogP contribution in [0.2, 0.25) is 0 Å². The zero-order valence-electron chi connectivity index (χ0n) is 22.5. The minimum Gasteiger partial charge on any atom is -0.352 e. The van der Waals surface area contributed by atoms with E-state index in [9.17, 15) is 32.5 Å². The first-order chi connectivity index (χ1) is 19.6. The monoisotopic (exact) mass is 582 g/mol. The van der Waals surface area contributed by atoms with Crippen LogP contribution in [0.15, 0.2) is 83.8 Å². The van der Waals surface area contributed by atoms with Crippen LogP contribution in [-0.4, -0.2) is 48.7 Å². The molecule has 3 aromatic rings. The number of amides is 2. The SMILES string of the molecule is C[C@@H](C(=O)NC1CCCC1)N(Cc1ccc(F)cc1)C(=O)CN(c1cccc([N+](=O)[O-])c1)S(=O)(=O)c1ccccc1. The molecule has 10 nitrogen and oxygen atoms in total. The first-order valence-electron chi connectivity index (χ1n) is 13.2. The lowest BCUT2D eigenvalue weighted by Gasteiger charge is -2.32. The molecule has 0 unspecified atom stereocenters. The lowest BCUT2D eigenvalue weighted by Crippen LogP contribution is -2.52. The highest BCUT2D eigenvalue weighted by Crippen LogP contribution is 2.28. The van der Waals surface area contributed by atoms with E-state index in [0.29, 0.717) is 5.56 Å². The quantitative estimate of drug-likeness (QED) is 0.263. The molecule has 0 radical (unpaired) electrons. The predicted molar refractivity (Wildman–Crippen MR) is 151 cm³/mol. The predicted octanol–water partition coefficient (Wildman–Crippen LogP) is 4.41. The average Bonchev–Trinajstić information content (AvgIpc) is 3.48. The average molecular weight is 583 g/mol. The molecule has 4 rings (SSSR count). The number of nitrogens with zero attached hydrogens (tertiary/aromatic N) is 3. The van der Waals surface area contributed by atoms with E-state index in [2.05, 4.69) is 5.32 Å². The molecule has 0 aromatic heterocycles. The minimum absolute atomic E-state index is 0.00690. The van der Waals surface area contributed by atoms with Crippen LogP contribution in [0.4, 0.5) is 15.8 Å². The molecule has 0 heterocycles. The molecule has 0 aliphatic heterocycles. The van der Waals surface area contributed by atoms with Gasteiger partial charge in [0.2, 0.25) is 11.8 Å². The van der Waals surface area contributed by atoms with E-state index >= 15 is 0 Å². The second-order valence-electron chi connectivity index (χ2n) is 9.92. The summed E-state index contributed by atoms with van der Waals surface area (Å²) in [5.74, 6) is -1.57. The van der Waals surface area contributed by atoms with E-state index in [1.165, 1.54) is 71.6 Å². The Balaban J connectivity index is 1.70. The Labute approximate surface area is 238 Å². The number of benzene rings is 3. The fourth-order valence-corrected chi connectivity index (χ4v) is 6.20. The Bertz CT molecular complexity index is 1500. The van der Waals surface area contributed by atoms with Crippen molar-refractivity contribution in [1.82, 2.24) is 10.2 Å². The van der Waals surface area contributed by atoms with Crippen molar-refractivity contribution >= 4 is 33.2 Å². The summed E-state index contributed by atoms with van der Waals surface area (Å²) in [4.78, 5) is 39.0. The summed E-state index contributed by atoms with van der Waals surface area (Å²) in [6.45, 7) is 0.724. The van der Waals surface area contributed by atoms with Crippen LogP contribution in [-0.2, 0) is 26.2 Å². The van der Waals surface area contributed by atoms with Crippen LogP contribution < -0.4 is 9.62 Å². The third-order valence-electron chi connectivity index (χ3n) is 7.07. The fraction of sp³-hybridized carbons (Fsp3) is 0.310. The molecule has 1 saturated carbocycles. The van der Waals surface area contributed by atoms with Crippen LogP contribution in [0.25, 0.3) is 0 Å². The fourth-order valence-electron chi connectivity index (χ4n) is 4.77. The highest BCUT2D eigenvalue weighted by atomic mass is 32.2. The summed E-state index contributed by atoms with van der Waals surface area (Å²) >= 11 is 0. The summed E-state index contributed by atoms with van der Waals surface area (Å²) in [5.41, 5.74) is 0.102. The largest absolute Gasteiger partial charge is 0.352 e. The van der Waals surface area contributed by atoms with Gasteiger partial charge in [-0.2, -0.15) is 0 Å². The zero-order valence-corrected chi connectivity index (χ0v) is 23.3. The molecule has 1 aliphatic rings. The smallest absolute Gasteiger partial charge is 0.271 e. The summed E-state index contributed by atoms with van der Waals surface area (Å²) in [6, 6.07) is 16.8. The molecule has 0 saturated heterocycles. The number of carbonyl (C=O) groups excluding carboxylic acids is 2. The van der Waals surface area contributed by atoms with Crippen molar-refractivity contribution in [3.63, 3.8) is 0 Å². The number of rotatable bonds is 11. The molecule has 1 atom stereocenters. The van der Waals surface area contributed by atoms with Crippen LogP contribution in [0.3, 0.4) is 0 Å². The van der Waals surface area contributed by atoms with Gasteiger partial charge in [0.15, 0.2) is 0 Å². The summed E-state index contributed by atoms with van der Waals surface area (Å²) < 4.78 is 41.9. The Morgan fingerprint density at radius 3 is 2.32 bits per heavy atom. The van der Waals surface area contributed by atoms with Gasteiger partial charge in [-0.05, 0) is 55.7 Å². The van der Waals surface area contributed by atoms with E-state index in [-0.39, 0.29) is 34.8 Å². The molecule has 3 aromatic carbocycles. The van der Waals surface area contributed by atoms with Gasteiger partial charge in [0.05, 0.1) is 15.5 Å². The molecule has 1 fully saturated rings. The molecule has 0 spiro atoms. The standard InChI is InChI=1S/C29H31FN4O6S/c1-21(29(36)31-24-8-5-6-9-24)32(19-22-14-16-23(30)17-15-22)28(35)20-33(25-10-7-11-26(18-25)34(37)38)41(39,40)27-12-3-2-4-13-27/h2-4,7,10-18,21,24H,5-6,8-9,19-20H2,1H3,(H,31,36)/t21-/m0/s1. The van der Waals surface area contributed by atoms with E-state index in [1.807, 2.05) is 0 Å². The van der Waals surface area contributed by atoms with E-state index < -0.39 is 39.3 Å². The molecule has 41 heavy (non-hydrogen) atoms. The summed E-state index contributed by atoms with van der Waals surface area (Å²) in [5, 5.41) is 14.4. The van der Waals surface area contributed by atoms with Crippen LogP contribution in [0, 0.1) is 15.9 Å². The Morgan fingerprint density at radius 1 is 1.02 bits per heavy atom. The number of anilines is 1. The molecule has 12 heteroatoms. The molecule has 1 N–H and O–H groups in total. The highest BCUT2D eigenvalue weighted by Gasteiger charge is 2.33. The molecular weight excluding hydrogens is 551 g/mol. The Hall–Kier alpha value is -4.32. The number of carbonyl (C=O) groups is 2. The molecule has 2 amide bonds. The van der Waals surface area contributed by atoms with E-state index in [4.69, 9.17) is 0 Å². The van der Waals surface area contributed by atoms with Crippen molar-refractivity contribution in [2.75, 3.05) is 10.8 Å². The molecule has 0 bridgehead atoms. The maximum Gasteiger partial charge on any atom is 0.271 e. The van der Waals surface area contributed by atoms with Gasteiger partial charge in [-0.25, -0.2) is 12.8 Å². The first-order valence-corrected chi connectivity index (χ1v) is 14.7. The number of non-ortho nitro benzene ring substituents is 1. The number of halogens is 1. The van der Waals surface area contributed by atoms with E-state index in [1.54, 1.807) is 13.0 Å². The van der Waals surface area contributed by atoms with Gasteiger partial charge in [-0.1, -0.05) is 49.2 Å². The maximum atomic E-state index is 13.9. The second kappa shape index (κ2) is 12.9. The molecular formula is C29H31FN4O6S. The van der Waals surface area contributed by atoms with Gasteiger partial charge in [0.25, 0.3) is 15.7 Å². The van der Waals surface area contributed by atoms with Gasteiger partial charge in [0.1, 0.15) is 18.4 Å². The Kier molecular flexibility index (Phi) is 9.33. The lowest BCUT2D eigenvalue weighted by atomic mass is 10.1. The van der Waals surface area contributed by atoms with E-state index in [0.717, 1.165) is 36.1 Å². The molecule has 216 valence electrons. The number of nitrogens with one attached hydrogen (secondary N) is 1. The van der Waals surface area contributed by atoms with Crippen molar-refractivity contribution in [3.05, 3.63) is 100 Å². The summed E-state index contributed by atoms with van der Waals surface area (Å²) in [7, 11) is -4.36. The van der Waals surface area contributed by atoms with Gasteiger partial charge in [-0.15, -0.1) is 0 Å². The van der Waals surface area contributed by atoms with Gasteiger partial charge in [0, 0.05) is 24.7 Å². The minimum atomic E-state index is -4.36. The number of hydrogen-bond acceptors (Lipinski definition) is 6. The normalized spacial score (nSPS) is 14.3.